The zero-order chi connectivity index (χ0) is 14.9. The van der Waals surface area contributed by atoms with Crippen molar-refractivity contribution in [2.75, 3.05) is 0 Å². The number of rotatable bonds is 2. The Morgan fingerprint density at radius 3 is 2.20 bits per heavy atom. The minimum Gasteiger partial charge on any atom is -0.384 e. The maximum Gasteiger partial charge on any atom is 0.123 e. The van der Waals surface area contributed by atoms with Gasteiger partial charge in [0.15, 0.2) is 0 Å². The molecule has 3 heteroatoms. The third kappa shape index (κ3) is 3.20. The van der Waals surface area contributed by atoms with Crippen LogP contribution in [0.4, 0.5) is 4.39 Å². The Bertz CT molecular complexity index is 599. The van der Waals surface area contributed by atoms with E-state index < -0.39 is 11.9 Å². The minimum atomic E-state index is -0.924. The summed E-state index contributed by atoms with van der Waals surface area (Å²) in [5.41, 5.74) is 2.32. The van der Waals surface area contributed by atoms with E-state index in [1.54, 1.807) is 0 Å². The molecule has 0 aliphatic rings. The summed E-state index contributed by atoms with van der Waals surface area (Å²) >= 11 is 6.02. The summed E-state index contributed by atoms with van der Waals surface area (Å²) in [6.07, 6.45) is -0.924. The number of hydrogen-bond donors (Lipinski definition) is 1. The number of benzene rings is 2. The zero-order valence-corrected chi connectivity index (χ0v) is 12.6. The van der Waals surface area contributed by atoms with Crippen molar-refractivity contribution in [2.24, 2.45) is 0 Å². The highest BCUT2D eigenvalue weighted by Gasteiger charge is 2.17. The van der Waals surface area contributed by atoms with Gasteiger partial charge in [-0.05, 0) is 34.7 Å². The fraction of sp³-hybridized carbons (Fsp3) is 0.294. The molecule has 0 fully saturated rings. The van der Waals surface area contributed by atoms with Crippen LogP contribution in [0.1, 0.15) is 43.6 Å². The molecule has 1 nitrogen and oxygen atoms in total. The highest BCUT2D eigenvalue weighted by molar-refractivity contribution is 6.31. The molecule has 0 aliphatic carbocycles. The van der Waals surface area contributed by atoms with Gasteiger partial charge in [0.25, 0.3) is 0 Å². The second-order valence-electron chi connectivity index (χ2n) is 5.94. The van der Waals surface area contributed by atoms with Crippen molar-refractivity contribution in [2.45, 2.75) is 32.3 Å². The topological polar surface area (TPSA) is 20.2 Å². The Morgan fingerprint density at radius 2 is 1.65 bits per heavy atom. The Kier molecular flexibility index (Phi) is 4.17. The smallest absolute Gasteiger partial charge is 0.123 e. The fourth-order valence-electron chi connectivity index (χ4n) is 2.07. The second-order valence-corrected chi connectivity index (χ2v) is 6.35. The summed E-state index contributed by atoms with van der Waals surface area (Å²) in [4.78, 5) is 0. The number of aliphatic hydroxyl groups excluding tert-OH is 1. The molecule has 0 radical (unpaired) electrons. The van der Waals surface area contributed by atoms with Gasteiger partial charge >= 0.3 is 0 Å². The highest BCUT2D eigenvalue weighted by Crippen LogP contribution is 2.30. The summed E-state index contributed by atoms with van der Waals surface area (Å²) < 4.78 is 13.3. The van der Waals surface area contributed by atoms with E-state index in [1.165, 1.54) is 23.8 Å². The monoisotopic (exact) mass is 292 g/mol. The Hall–Kier alpha value is -1.38. The molecule has 0 spiro atoms. The van der Waals surface area contributed by atoms with Crippen LogP contribution in [0.25, 0.3) is 0 Å². The van der Waals surface area contributed by atoms with Gasteiger partial charge in [-0.25, -0.2) is 4.39 Å². The first-order chi connectivity index (χ1) is 9.29. The number of halogens is 2. The number of hydrogen-bond acceptors (Lipinski definition) is 1. The van der Waals surface area contributed by atoms with Gasteiger partial charge in [-0.2, -0.15) is 0 Å². The molecule has 2 rings (SSSR count). The summed E-state index contributed by atoms with van der Waals surface area (Å²) in [5.74, 6) is -0.408. The van der Waals surface area contributed by atoms with Crippen LogP contribution in [0, 0.1) is 5.82 Å². The summed E-state index contributed by atoms with van der Waals surface area (Å²) in [6.45, 7) is 6.38. The van der Waals surface area contributed by atoms with Gasteiger partial charge in [0.2, 0.25) is 0 Å². The lowest BCUT2D eigenvalue weighted by atomic mass is 9.86. The number of aliphatic hydroxyl groups is 1. The molecule has 0 saturated carbocycles. The minimum absolute atomic E-state index is 0.0555. The molecule has 1 unspecified atom stereocenters. The van der Waals surface area contributed by atoms with E-state index in [2.05, 4.69) is 20.8 Å². The van der Waals surface area contributed by atoms with E-state index >= 15 is 0 Å². The molecule has 1 N–H and O–H groups in total. The van der Waals surface area contributed by atoms with Gasteiger partial charge in [-0.1, -0.05) is 56.6 Å². The molecule has 0 saturated heterocycles. The first-order valence-corrected chi connectivity index (χ1v) is 6.90. The molecular weight excluding hydrogens is 275 g/mol. The van der Waals surface area contributed by atoms with Gasteiger partial charge in [-0.15, -0.1) is 0 Å². The lowest BCUT2D eigenvalue weighted by Crippen LogP contribution is -2.11. The molecule has 1 atom stereocenters. The molecule has 0 aliphatic heterocycles. The van der Waals surface area contributed by atoms with Crippen molar-refractivity contribution < 1.29 is 9.50 Å². The third-order valence-corrected chi connectivity index (χ3v) is 3.69. The van der Waals surface area contributed by atoms with E-state index in [1.807, 2.05) is 24.3 Å². The van der Waals surface area contributed by atoms with E-state index in [0.717, 1.165) is 0 Å². The maximum absolute atomic E-state index is 13.3. The SMILES string of the molecule is CC(C)(C)c1ccc(C(O)c2cc(F)ccc2Cl)cc1. The lowest BCUT2D eigenvalue weighted by molar-refractivity contribution is 0.220. The van der Waals surface area contributed by atoms with Gasteiger partial charge in [0.05, 0.1) is 0 Å². The standard InChI is InChI=1S/C17H18ClFO/c1-17(2,3)12-6-4-11(5-7-12)16(20)14-10-13(19)8-9-15(14)18/h4-10,16,20H,1-3H3. The van der Waals surface area contributed by atoms with Crippen LogP contribution < -0.4 is 0 Å². The molecule has 106 valence electrons. The van der Waals surface area contributed by atoms with E-state index in [9.17, 15) is 9.50 Å². The van der Waals surface area contributed by atoms with Crippen LogP contribution in [-0.4, -0.2) is 5.11 Å². The molecule has 0 heterocycles. The van der Waals surface area contributed by atoms with Crippen LogP contribution in [0.3, 0.4) is 0 Å². The first-order valence-electron chi connectivity index (χ1n) is 6.52. The first kappa shape index (κ1) is 15.0. The molecule has 0 bridgehead atoms. The van der Waals surface area contributed by atoms with Crippen LogP contribution in [0.5, 0.6) is 0 Å². The third-order valence-electron chi connectivity index (χ3n) is 3.35. The quantitative estimate of drug-likeness (QED) is 0.838. The summed E-state index contributed by atoms with van der Waals surface area (Å²) in [6, 6.07) is 11.7. The van der Waals surface area contributed by atoms with Crippen LogP contribution in [0.2, 0.25) is 5.02 Å². The molecule has 2 aromatic rings. The van der Waals surface area contributed by atoms with Gasteiger partial charge in [-0.3, -0.25) is 0 Å². The Balaban J connectivity index is 2.34. The average molecular weight is 293 g/mol. The lowest BCUT2D eigenvalue weighted by Gasteiger charge is -2.20. The van der Waals surface area contributed by atoms with Crippen molar-refractivity contribution in [3.05, 3.63) is 70.0 Å². The molecule has 2 aromatic carbocycles. The van der Waals surface area contributed by atoms with Crippen molar-refractivity contribution in [1.82, 2.24) is 0 Å². The van der Waals surface area contributed by atoms with E-state index in [0.29, 0.717) is 16.1 Å². The average Bonchev–Trinajstić information content (AvgIpc) is 2.40. The van der Waals surface area contributed by atoms with Crippen molar-refractivity contribution >= 4 is 11.6 Å². The van der Waals surface area contributed by atoms with E-state index in [-0.39, 0.29) is 5.41 Å². The zero-order valence-electron chi connectivity index (χ0n) is 11.8. The molecule has 20 heavy (non-hydrogen) atoms. The Labute approximate surface area is 124 Å². The fourth-order valence-corrected chi connectivity index (χ4v) is 2.29. The molecule has 0 aromatic heterocycles. The van der Waals surface area contributed by atoms with Crippen molar-refractivity contribution in [3.8, 4) is 0 Å². The second kappa shape index (κ2) is 5.55. The van der Waals surface area contributed by atoms with Crippen LogP contribution in [-0.2, 0) is 5.41 Å². The summed E-state index contributed by atoms with van der Waals surface area (Å²) in [5, 5.41) is 10.7. The predicted molar refractivity (Wildman–Crippen MR) is 80.6 cm³/mol. The molecule has 0 amide bonds. The highest BCUT2D eigenvalue weighted by atomic mass is 35.5. The van der Waals surface area contributed by atoms with Crippen molar-refractivity contribution in [1.29, 1.82) is 0 Å². The summed E-state index contributed by atoms with van der Waals surface area (Å²) in [7, 11) is 0. The van der Waals surface area contributed by atoms with Gasteiger partial charge in [0.1, 0.15) is 11.9 Å². The maximum atomic E-state index is 13.3. The van der Waals surface area contributed by atoms with E-state index in [4.69, 9.17) is 11.6 Å². The molecular formula is C17H18ClFO. The normalized spacial score (nSPS) is 13.3. The Morgan fingerprint density at radius 1 is 1.05 bits per heavy atom. The van der Waals surface area contributed by atoms with Crippen LogP contribution >= 0.6 is 11.6 Å². The van der Waals surface area contributed by atoms with Gasteiger partial charge in [0, 0.05) is 10.6 Å². The predicted octanol–water partition coefficient (Wildman–Crippen LogP) is 4.86. The van der Waals surface area contributed by atoms with Crippen LogP contribution in [0.15, 0.2) is 42.5 Å². The largest absolute Gasteiger partial charge is 0.384 e. The van der Waals surface area contributed by atoms with Crippen molar-refractivity contribution in [3.63, 3.8) is 0 Å². The van der Waals surface area contributed by atoms with Gasteiger partial charge < -0.3 is 5.11 Å².